The van der Waals surface area contributed by atoms with E-state index in [1.165, 1.54) is 38.6 Å². The zero-order valence-electron chi connectivity index (χ0n) is 10.1. The van der Waals surface area contributed by atoms with E-state index in [9.17, 15) is 9.59 Å². The Hall–Kier alpha value is -3.04. The average molecular weight is 275 g/mol. The summed E-state index contributed by atoms with van der Waals surface area (Å²) in [5.74, 6) is -1.15. The summed E-state index contributed by atoms with van der Waals surface area (Å²) >= 11 is 0. The Bertz CT molecular complexity index is 831. The first-order chi connectivity index (χ1) is 9.65. The molecule has 3 heterocycles. The lowest BCUT2D eigenvalue weighted by atomic mass is 10.5. The van der Waals surface area contributed by atoms with Crippen LogP contribution in [0.15, 0.2) is 29.6 Å². The average Bonchev–Trinajstić information content (AvgIpc) is 3.03. The molecule has 1 N–H and O–H groups in total. The predicted molar refractivity (Wildman–Crippen MR) is 64.2 cm³/mol. The molecule has 0 unspecified atom stereocenters. The summed E-state index contributed by atoms with van der Waals surface area (Å²) in [5.41, 5.74) is 0.0137. The standard InChI is InChI=1S/C10H9N7O3/c18-9(19)7-6-15(14-12-7)3-4-17-10(20)16-2-1-11-5-8(16)13-17/h1-2,5-6H,3-4H2,(H,18,19). The highest BCUT2D eigenvalue weighted by atomic mass is 16.4. The van der Waals surface area contributed by atoms with Crippen LogP contribution < -0.4 is 5.69 Å². The first-order valence-corrected chi connectivity index (χ1v) is 5.68. The maximum Gasteiger partial charge on any atom is 0.358 e. The molecule has 0 bridgehead atoms. The van der Waals surface area contributed by atoms with Crippen molar-refractivity contribution in [3.8, 4) is 0 Å². The maximum atomic E-state index is 12.0. The summed E-state index contributed by atoms with van der Waals surface area (Å²) in [7, 11) is 0. The number of rotatable bonds is 4. The van der Waals surface area contributed by atoms with Crippen molar-refractivity contribution in [3.63, 3.8) is 0 Å². The summed E-state index contributed by atoms with van der Waals surface area (Å²) in [5, 5.41) is 20.0. The van der Waals surface area contributed by atoms with E-state index in [4.69, 9.17) is 5.11 Å². The number of fused-ring (bicyclic) bond motifs is 1. The van der Waals surface area contributed by atoms with Gasteiger partial charge in [-0.15, -0.1) is 10.2 Å². The van der Waals surface area contributed by atoms with Gasteiger partial charge in [-0.3, -0.25) is 4.98 Å². The van der Waals surface area contributed by atoms with Gasteiger partial charge < -0.3 is 5.11 Å². The molecule has 0 aliphatic carbocycles. The monoisotopic (exact) mass is 275 g/mol. The van der Waals surface area contributed by atoms with E-state index in [1.54, 1.807) is 0 Å². The molecule has 0 fully saturated rings. The molecule has 0 amide bonds. The number of aryl methyl sites for hydroxylation is 2. The van der Waals surface area contributed by atoms with E-state index >= 15 is 0 Å². The molecular weight excluding hydrogens is 266 g/mol. The number of aromatic nitrogens is 7. The van der Waals surface area contributed by atoms with Gasteiger partial charge in [0.15, 0.2) is 11.3 Å². The Morgan fingerprint density at radius 1 is 1.35 bits per heavy atom. The molecule has 0 saturated carbocycles. The second-order valence-electron chi connectivity index (χ2n) is 3.98. The molecule has 10 nitrogen and oxygen atoms in total. The van der Waals surface area contributed by atoms with Crippen molar-refractivity contribution in [1.82, 2.24) is 34.2 Å². The summed E-state index contributed by atoms with van der Waals surface area (Å²) in [6, 6.07) is 0. The van der Waals surface area contributed by atoms with Crippen molar-refractivity contribution in [2.75, 3.05) is 0 Å². The third-order valence-corrected chi connectivity index (χ3v) is 2.69. The van der Waals surface area contributed by atoms with E-state index < -0.39 is 5.97 Å². The third-order valence-electron chi connectivity index (χ3n) is 2.69. The summed E-state index contributed by atoms with van der Waals surface area (Å²) in [6.07, 6.45) is 5.80. The lowest BCUT2D eigenvalue weighted by Crippen LogP contribution is -2.23. The Labute approximate surface area is 110 Å². The van der Waals surface area contributed by atoms with Crippen LogP contribution in [0.2, 0.25) is 0 Å². The minimum Gasteiger partial charge on any atom is -0.476 e. The Morgan fingerprint density at radius 3 is 2.90 bits per heavy atom. The van der Waals surface area contributed by atoms with E-state index in [0.717, 1.165) is 0 Å². The molecule has 20 heavy (non-hydrogen) atoms. The van der Waals surface area contributed by atoms with Crippen molar-refractivity contribution in [3.05, 3.63) is 41.0 Å². The van der Waals surface area contributed by atoms with Crippen LogP contribution in [-0.4, -0.2) is 45.2 Å². The fraction of sp³-hybridized carbons (Fsp3) is 0.200. The minimum atomic E-state index is -1.15. The quantitative estimate of drug-likeness (QED) is 0.640. The largest absolute Gasteiger partial charge is 0.476 e. The van der Waals surface area contributed by atoms with Gasteiger partial charge in [0, 0.05) is 12.4 Å². The highest BCUT2D eigenvalue weighted by Gasteiger charge is 2.10. The Balaban J connectivity index is 1.81. The normalized spacial score (nSPS) is 11.0. The van der Waals surface area contributed by atoms with Crippen LogP contribution >= 0.6 is 0 Å². The first kappa shape index (κ1) is 12.0. The number of carboxylic acid groups (broad SMARTS) is 1. The molecule has 0 aromatic carbocycles. The van der Waals surface area contributed by atoms with Crippen LogP contribution in [0, 0.1) is 0 Å². The first-order valence-electron chi connectivity index (χ1n) is 5.68. The van der Waals surface area contributed by atoms with Gasteiger partial charge in [0.05, 0.1) is 25.5 Å². The van der Waals surface area contributed by atoms with E-state index in [-0.39, 0.29) is 24.5 Å². The van der Waals surface area contributed by atoms with Crippen molar-refractivity contribution in [2.45, 2.75) is 13.1 Å². The molecule has 10 heteroatoms. The smallest absolute Gasteiger partial charge is 0.358 e. The van der Waals surface area contributed by atoms with Crippen molar-refractivity contribution in [2.24, 2.45) is 0 Å². The van der Waals surface area contributed by atoms with Gasteiger partial charge in [-0.2, -0.15) is 0 Å². The highest BCUT2D eigenvalue weighted by Crippen LogP contribution is 1.95. The van der Waals surface area contributed by atoms with Gasteiger partial charge >= 0.3 is 11.7 Å². The van der Waals surface area contributed by atoms with Gasteiger partial charge in [0.2, 0.25) is 0 Å². The van der Waals surface area contributed by atoms with Crippen molar-refractivity contribution in [1.29, 1.82) is 0 Å². The fourth-order valence-electron chi connectivity index (χ4n) is 1.73. The number of carboxylic acids is 1. The van der Waals surface area contributed by atoms with Gasteiger partial charge in [0.1, 0.15) is 0 Å². The second-order valence-corrected chi connectivity index (χ2v) is 3.98. The third kappa shape index (κ3) is 2.02. The van der Waals surface area contributed by atoms with Crippen LogP contribution in [-0.2, 0) is 13.1 Å². The van der Waals surface area contributed by atoms with Gasteiger partial charge in [-0.05, 0) is 0 Å². The Morgan fingerprint density at radius 2 is 2.20 bits per heavy atom. The van der Waals surface area contributed by atoms with E-state index in [1.807, 2.05) is 0 Å². The molecule has 0 atom stereocenters. The SMILES string of the molecule is O=C(O)c1cn(CCn2nc3cnccn3c2=O)nn1. The predicted octanol–water partition coefficient (Wildman–Crippen LogP) is -1.12. The van der Waals surface area contributed by atoms with Crippen molar-refractivity contribution >= 4 is 11.6 Å². The number of nitrogens with zero attached hydrogens (tertiary/aromatic N) is 7. The summed E-state index contributed by atoms with van der Waals surface area (Å²) in [4.78, 5) is 26.5. The van der Waals surface area contributed by atoms with Gasteiger partial charge in [-0.1, -0.05) is 5.21 Å². The molecule has 0 aliphatic heterocycles. The van der Waals surface area contributed by atoms with Gasteiger partial charge in [-0.25, -0.2) is 23.4 Å². The molecule has 3 aromatic rings. The molecule has 3 rings (SSSR count). The van der Waals surface area contributed by atoms with E-state index in [0.29, 0.717) is 5.65 Å². The van der Waals surface area contributed by atoms with Crippen LogP contribution in [0.3, 0.4) is 0 Å². The molecule has 3 aromatic heterocycles. The lowest BCUT2D eigenvalue weighted by molar-refractivity contribution is 0.0690. The molecule has 102 valence electrons. The number of carbonyl (C=O) groups is 1. The Kier molecular flexibility index (Phi) is 2.75. The van der Waals surface area contributed by atoms with Crippen LogP contribution in [0.25, 0.3) is 5.65 Å². The molecule has 0 saturated heterocycles. The number of aromatic carboxylic acids is 1. The van der Waals surface area contributed by atoms with Crippen molar-refractivity contribution < 1.29 is 9.90 Å². The van der Waals surface area contributed by atoms with Crippen LogP contribution in [0.5, 0.6) is 0 Å². The minimum absolute atomic E-state index is 0.142. The molecule has 0 spiro atoms. The summed E-state index contributed by atoms with van der Waals surface area (Å²) in [6.45, 7) is 0.542. The zero-order chi connectivity index (χ0) is 14.1. The second kappa shape index (κ2) is 4.57. The molecule has 0 aliphatic rings. The zero-order valence-corrected chi connectivity index (χ0v) is 10.1. The highest BCUT2D eigenvalue weighted by molar-refractivity contribution is 5.84. The topological polar surface area (TPSA) is 120 Å². The number of hydrogen-bond donors (Lipinski definition) is 1. The lowest BCUT2D eigenvalue weighted by Gasteiger charge is -1.98. The van der Waals surface area contributed by atoms with E-state index in [2.05, 4.69) is 20.4 Å². The molecular formula is C10H9N7O3. The van der Waals surface area contributed by atoms with Crippen LogP contribution in [0.1, 0.15) is 10.5 Å². The fourth-order valence-corrected chi connectivity index (χ4v) is 1.73. The number of hydrogen-bond acceptors (Lipinski definition) is 6. The van der Waals surface area contributed by atoms with Gasteiger partial charge in [0.25, 0.3) is 0 Å². The summed E-state index contributed by atoms with van der Waals surface area (Å²) < 4.78 is 3.98. The maximum absolute atomic E-state index is 12.0. The van der Waals surface area contributed by atoms with Crippen LogP contribution in [0.4, 0.5) is 0 Å². The molecule has 0 radical (unpaired) electrons.